The van der Waals surface area contributed by atoms with Crippen molar-refractivity contribution in [1.82, 2.24) is 9.80 Å². The number of hydrogen-bond donors (Lipinski definition) is 2. The average molecular weight is 733 g/mol. The zero-order valence-electron chi connectivity index (χ0n) is 31.0. The number of carbonyl (C=O) groups is 4. The van der Waals surface area contributed by atoms with E-state index in [0.717, 1.165) is 65.3 Å². The maximum Gasteiger partial charge on any atom is 1.00 e. The molecule has 0 unspecified atom stereocenters. The van der Waals surface area contributed by atoms with E-state index < -0.39 is 11.2 Å². The first kappa shape index (κ1) is 51.8. The number of halogens is 2. The van der Waals surface area contributed by atoms with Crippen molar-refractivity contribution in [3.8, 4) is 0 Å². The molecule has 0 aromatic carbocycles. The Balaban J connectivity index is -0.000000293. The number of ketones is 2. The van der Waals surface area contributed by atoms with Crippen molar-refractivity contribution in [2.24, 2.45) is 16.2 Å². The Morgan fingerprint density at radius 2 is 1.04 bits per heavy atom. The largest absolute Gasteiger partial charge is 1.00 e. The summed E-state index contributed by atoms with van der Waals surface area (Å²) < 4.78 is 10.6. The maximum atomic E-state index is 11.8. The van der Waals surface area contributed by atoms with Crippen LogP contribution < -0.4 is 29.6 Å². The van der Waals surface area contributed by atoms with Gasteiger partial charge in [-0.2, -0.15) is 0 Å². The summed E-state index contributed by atoms with van der Waals surface area (Å²) in [6.07, 6.45) is 11.5. The smallest absolute Gasteiger partial charge is 1.00 e. The van der Waals surface area contributed by atoms with E-state index >= 15 is 0 Å². The van der Waals surface area contributed by atoms with E-state index in [0.29, 0.717) is 36.4 Å². The van der Waals surface area contributed by atoms with Crippen molar-refractivity contribution in [3.05, 3.63) is 0 Å². The Labute approximate surface area is 327 Å². The summed E-state index contributed by atoms with van der Waals surface area (Å²) >= 11 is 0. The molecule has 275 valence electrons. The van der Waals surface area contributed by atoms with Crippen molar-refractivity contribution in [2.75, 3.05) is 33.3 Å². The number of Topliss-reactive ketones (excluding diaryl/α,β-unsaturated/α-hetero) is 2. The van der Waals surface area contributed by atoms with Gasteiger partial charge in [-0.15, -0.1) is 24.8 Å². The summed E-state index contributed by atoms with van der Waals surface area (Å²) in [6.45, 7) is 14.2. The Bertz CT molecular complexity index is 1030. The number of rotatable bonds is 0. The number of nitrogens with zero attached hydrogens (tertiary/aromatic N) is 2. The van der Waals surface area contributed by atoms with Crippen molar-refractivity contribution in [1.29, 1.82) is 0 Å². The molecule has 4 aliphatic carbocycles. The van der Waals surface area contributed by atoms with Crippen LogP contribution in [0, 0.1) is 16.2 Å². The second kappa shape index (κ2) is 20.5. The molecule has 3 radical (unpaired) electrons. The predicted octanol–water partition coefficient (Wildman–Crippen LogP) is 3.48. The van der Waals surface area contributed by atoms with E-state index in [4.69, 9.17) is 14.6 Å². The molecule has 10 nitrogen and oxygen atoms in total. The summed E-state index contributed by atoms with van der Waals surface area (Å²) in [7, 11) is 1.00. The molecule has 2 N–H and O–H groups in total. The molecular weight excluding hydrogens is 669 g/mol. The minimum atomic E-state index is -0.442. The van der Waals surface area contributed by atoms with Crippen molar-refractivity contribution in [3.63, 3.8) is 0 Å². The number of carbonyl (C=O) groups excluding carboxylic acids is 4. The molecule has 4 saturated carbocycles. The van der Waals surface area contributed by atoms with Crippen LogP contribution in [0.1, 0.15) is 127 Å². The van der Waals surface area contributed by atoms with E-state index in [1.54, 1.807) is 9.80 Å². The van der Waals surface area contributed by atoms with E-state index in [-0.39, 0.29) is 101 Å². The summed E-state index contributed by atoms with van der Waals surface area (Å²) in [5.74, 6) is 0.822. The number of hydrogen-bond acceptors (Lipinski definition) is 8. The van der Waals surface area contributed by atoms with Gasteiger partial charge in [-0.3, -0.25) is 9.59 Å². The third kappa shape index (κ3) is 14.6. The minimum Gasteiger partial charge on any atom is -1.00 e. The Morgan fingerprint density at radius 1 is 0.708 bits per heavy atom. The number of amides is 2. The number of aliphatic hydroxyl groups is 2. The summed E-state index contributed by atoms with van der Waals surface area (Å²) in [4.78, 5) is 48.8. The van der Waals surface area contributed by atoms with E-state index in [1.165, 1.54) is 25.7 Å². The third-order valence-electron chi connectivity index (χ3n) is 9.47. The molecule has 0 bridgehead atoms. The summed E-state index contributed by atoms with van der Waals surface area (Å²) in [6, 6.07) is 0. The molecule has 2 saturated heterocycles. The number of ether oxygens (including phenoxy) is 2. The second-order valence-corrected chi connectivity index (χ2v) is 15.9. The van der Waals surface area contributed by atoms with Gasteiger partial charge < -0.3 is 30.9 Å². The van der Waals surface area contributed by atoms with Gasteiger partial charge in [0.05, 0.1) is 6.10 Å². The Hall–Kier alpha value is -0.555. The Kier molecular flexibility index (Phi) is 22.1. The zero-order valence-corrected chi connectivity index (χ0v) is 33.7. The fourth-order valence-electron chi connectivity index (χ4n) is 7.44. The zero-order chi connectivity index (χ0) is 32.3. The number of aliphatic hydroxyl groups excluding tert-OH is 2. The molecule has 6 fully saturated rings. The first-order valence-electron chi connectivity index (χ1n) is 16.0. The standard InChI is InChI=1S/C12H21NO3.C12H19NO3.C8H12O.CH4O.CH4.B.2ClH.Na.H/c2*1-11(2,3)16-10(15)13-5-4-12(8-13)6-9(14)7-12;9-7-5-8(6-7)3-1-2-4-8;1-2;;;;;;/h9,14H,4-8H2,1-3H3;4-8H2,1-3H3;1-6H2;2H,1H3;1H4;;2*1H;;/q;;;;;;;;+1;-1. The topological polar surface area (TPSA) is 134 Å². The van der Waals surface area contributed by atoms with E-state index in [9.17, 15) is 24.3 Å². The van der Waals surface area contributed by atoms with Crippen LogP contribution in [0.5, 0.6) is 0 Å². The molecule has 2 aliphatic heterocycles. The van der Waals surface area contributed by atoms with Crippen LogP contribution in [-0.4, -0.2) is 103 Å². The van der Waals surface area contributed by atoms with Gasteiger partial charge in [0.1, 0.15) is 22.8 Å². The fourth-order valence-corrected chi connectivity index (χ4v) is 7.44. The maximum absolute atomic E-state index is 11.8. The molecule has 48 heavy (non-hydrogen) atoms. The number of likely N-dealkylation sites (tertiary alicyclic amines) is 2. The SMILES string of the molecule is C.CC(C)(C)OC(=O)N1CCC2(CC(=O)C2)C1.CC(C)(C)OC(=O)N1CCC2(CC(O)C2)C1.CO.Cl.Cl.O=C1CC2(CCCC2)C1.[B].[H-].[Na+]. The van der Waals surface area contributed by atoms with Crippen molar-refractivity contribution in [2.45, 2.75) is 143 Å². The monoisotopic (exact) mass is 731 g/mol. The van der Waals surface area contributed by atoms with Crippen LogP contribution in [0.25, 0.3) is 0 Å². The third-order valence-corrected chi connectivity index (χ3v) is 9.47. The molecular formula is C34H63BCl2N2NaO8. The minimum absolute atomic E-state index is 0. The van der Waals surface area contributed by atoms with Gasteiger partial charge in [0, 0.05) is 72.8 Å². The van der Waals surface area contributed by atoms with Crippen LogP contribution in [0.2, 0.25) is 0 Å². The van der Waals surface area contributed by atoms with Crippen LogP contribution >= 0.6 is 24.8 Å². The van der Waals surface area contributed by atoms with Crippen molar-refractivity contribution < 1.29 is 69.8 Å². The van der Waals surface area contributed by atoms with Gasteiger partial charge in [0.25, 0.3) is 0 Å². The first-order valence-corrected chi connectivity index (χ1v) is 16.0. The Morgan fingerprint density at radius 3 is 1.38 bits per heavy atom. The molecule has 3 spiro atoms. The van der Waals surface area contributed by atoms with Gasteiger partial charge in [-0.25, -0.2) is 9.59 Å². The molecule has 2 heterocycles. The van der Waals surface area contributed by atoms with Gasteiger partial charge in [-0.05, 0) is 90.9 Å². The van der Waals surface area contributed by atoms with E-state index in [2.05, 4.69) is 0 Å². The van der Waals surface area contributed by atoms with Crippen LogP contribution in [0.15, 0.2) is 0 Å². The molecule has 14 heteroatoms. The average Bonchev–Trinajstić information content (AvgIpc) is 3.58. The summed E-state index contributed by atoms with van der Waals surface area (Å²) in [5.41, 5.74) is -0.0460. The normalized spacial score (nSPS) is 25.1. The van der Waals surface area contributed by atoms with Crippen LogP contribution in [0.3, 0.4) is 0 Å². The van der Waals surface area contributed by atoms with Gasteiger partial charge in [0.2, 0.25) is 0 Å². The molecule has 6 aliphatic rings. The molecule has 2 amide bonds. The summed E-state index contributed by atoms with van der Waals surface area (Å²) in [5, 5.41) is 16.4. The molecule has 6 rings (SSSR count). The second-order valence-electron chi connectivity index (χ2n) is 15.9. The quantitative estimate of drug-likeness (QED) is 0.362. The first-order chi connectivity index (χ1) is 19.9. The van der Waals surface area contributed by atoms with Crippen LogP contribution in [0.4, 0.5) is 9.59 Å². The fraction of sp³-hybridized carbons (Fsp3) is 0.882. The van der Waals surface area contributed by atoms with Crippen LogP contribution in [-0.2, 0) is 19.1 Å². The van der Waals surface area contributed by atoms with E-state index in [1.807, 2.05) is 41.5 Å². The molecule has 0 aromatic heterocycles. The van der Waals surface area contributed by atoms with Gasteiger partial charge in [0.15, 0.2) is 0 Å². The molecule has 0 aromatic rings. The van der Waals surface area contributed by atoms with Crippen molar-refractivity contribution >= 4 is 57.0 Å². The van der Waals surface area contributed by atoms with Gasteiger partial charge >= 0.3 is 41.7 Å². The predicted molar refractivity (Wildman–Crippen MR) is 191 cm³/mol. The molecule has 0 atom stereocenters. The van der Waals surface area contributed by atoms with Gasteiger partial charge in [-0.1, -0.05) is 20.3 Å².